The molecule has 4 nitrogen and oxygen atoms in total. The minimum absolute atomic E-state index is 0.0687. The Labute approximate surface area is 105 Å². The van der Waals surface area contributed by atoms with Gasteiger partial charge < -0.3 is 9.47 Å². The molecule has 1 heterocycles. The molecule has 2 rings (SSSR count). The first-order chi connectivity index (χ1) is 8.47. The van der Waals surface area contributed by atoms with Gasteiger partial charge in [0.1, 0.15) is 17.6 Å². The molecule has 0 aromatic heterocycles. The third kappa shape index (κ3) is 1.95. The van der Waals surface area contributed by atoms with Crippen LogP contribution in [0.1, 0.15) is 25.0 Å². The van der Waals surface area contributed by atoms with Gasteiger partial charge in [0.2, 0.25) is 5.78 Å². The van der Waals surface area contributed by atoms with Gasteiger partial charge in [0.15, 0.2) is 5.60 Å². The number of rotatable bonds is 2. The van der Waals surface area contributed by atoms with Crippen molar-refractivity contribution in [3.8, 4) is 11.8 Å². The lowest BCUT2D eigenvalue weighted by molar-refractivity contribution is -0.125. The molecule has 0 saturated heterocycles. The van der Waals surface area contributed by atoms with Gasteiger partial charge in [-0.1, -0.05) is 0 Å². The van der Waals surface area contributed by atoms with Crippen LogP contribution in [0.25, 0.3) is 5.76 Å². The summed E-state index contributed by atoms with van der Waals surface area (Å²) in [6.45, 7) is 3.44. The van der Waals surface area contributed by atoms with Gasteiger partial charge >= 0.3 is 0 Å². The van der Waals surface area contributed by atoms with Crippen LogP contribution in [-0.2, 0) is 9.53 Å². The first-order valence-electron chi connectivity index (χ1n) is 5.51. The van der Waals surface area contributed by atoms with Crippen molar-refractivity contribution in [2.24, 2.45) is 0 Å². The Bertz CT molecular complexity index is 579. The average Bonchev–Trinajstić information content (AvgIpc) is 2.63. The van der Waals surface area contributed by atoms with Crippen LogP contribution in [0, 0.1) is 11.3 Å². The molecule has 1 aromatic rings. The summed E-state index contributed by atoms with van der Waals surface area (Å²) in [5, 5.41) is 8.90. The average molecular weight is 243 g/mol. The van der Waals surface area contributed by atoms with Crippen LogP contribution in [0.4, 0.5) is 0 Å². The highest BCUT2D eigenvalue weighted by Crippen LogP contribution is 2.33. The summed E-state index contributed by atoms with van der Waals surface area (Å²) in [5.74, 6) is 0.908. The maximum absolute atomic E-state index is 11.7. The Hall–Kier alpha value is -2.28. The quantitative estimate of drug-likeness (QED) is 0.799. The minimum Gasteiger partial charge on any atom is -0.495 e. The van der Waals surface area contributed by atoms with Gasteiger partial charge in [0.25, 0.3) is 0 Å². The van der Waals surface area contributed by atoms with E-state index in [4.69, 9.17) is 14.7 Å². The topological polar surface area (TPSA) is 59.3 Å². The van der Waals surface area contributed by atoms with E-state index < -0.39 is 5.60 Å². The van der Waals surface area contributed by atoms with E-state index in [1.807, 2.05) is 6.07 Å². The van der Waals surface area contributed by atoms with Crippen molar-refractivity contribution in [3.05, 3.63) is 35.4 Å². The molecule has 4 heteroatoms. The maximum atomic E-state index is 11.7. The van der Waals surface area contributed by atoms with Crippen LogP contribution in [0.2, 0.25) is 0 Å². The number of ketones is 1. The number of nitrogens with zero attached hydrogens (tertiary/aromatic N) is 1. The first kappa shape index (κ1) is 12.2. The van der Waals surface area contributed by atoms with Crippen molar-refractivity contribution in [1.82, 2.24) is 0 Å². The summed E-state index contributed by atoms with van der Waals surface area (Å²) in [4.78, 5) is 11.7. The van der Waals surface area contributed by atoms with E-state index in [0.29, 0.717) is 17.1 Å². The summed E-state index contributed by atoms with van der Waals surface area (Å²) in [5.41, 5.74) is 0.353. The van der Waals surface area contributed by atoms with Crippen molar-refractivity contribution in [1.29, 1.82) is 5.26 Å². The number of hydrogen-bond acceptors (Lipinski definition) is 4. The first-order valence-corrected chi connectivity index (χ1v) is 5.51. The van der Waals surface area contributed by atoms with E-state index in [1.165, 1.54) is 13.2 Å². The van der Waals surface area contributed by atoms with Gasteiger partial charge in [-0.15, -0.1) is 0 Å². The largest absolute Gasteiger partial charge is 0.495 e. The number of ether oxygens (including phenoxy) is 2. The molecule has 0 N–H and O–H groups in total. The SMILES string of the molecule is COc1cc(C2=CC(=O)C(C)(C)O2)ccc1C#N. The lowest BCUT2D eigenvalue weighted by atomic mass is 10.1. The van der Waals surface area contributed by atoms with Crippen LogP contribution in [0.15, 0.2) is 24.3 Å². The van der Waals surface area contributed by atoms with Gasteiger partial charge in [0.05, 0.1) is 12.7 Å². The molecule has 0 radical (unpaired) electrons. The van der Waals surface area contributed by atoms with Crippen molar-refractivity contribution < 1.29 is 14.3 Å². The summed E-state index contributed by atoms with van der Waals surface area (Å²) < 4.78 is 10.7. The van der Waals surface area contributed by atoms with Gasteiger partial charge in [-0.3, -0.25) is 4.79 Å². The fourth-order valence-electron chi connectivity index (χ4n) is 1.73. The Balaban J connectivity index is 2.40. The van der Waals surface area contributed by atoms with E-state index in [-0.39, 0.29) is 5.78 Å². The Morgan fingerprint density at radius 3 is 2.61 bits per heavy atom. The molecular weight excluding hydrogens is 230 g/mol. The molecule has 0 atom stereocenters. The molecule has 0 spiro atoms. The Morgan fingerprint density at radius 2 is 2.11 bits per heavy atom. The molecule has 1 aliphatic rings. The Kier molecular flexibility index (Phi) is 2.84. The van der Waals surface area contributed by atoms with E-state index in [0.717, 1.165) is 5.56 Å². The number of nitriles is 1. The number of benzene rings is 1. The van der Waals surface area contributed by atoms with Crippen molar-refractivity contribution in [3.63, 3.8) is 0 Å². The molecular formula is C14H13NO3. The molecule has 0 aliphatic carbocycles. The molecule has 0 unspecified atom stereocenters. The molecule has 0 bridgehead atoms. The third-order valence-electron chi connectivity index (χ3n) is 2.83. The molecule has 18 heavy (non-hydrogen) atoms. The lowest BCUT2D eigenvalue weighted by Gasteiger charge is -2.18. The number of hydrogen-bond donors (Lipinski definition) is 0. The zero-order valence-electron chi connectivity index (χ0n) is 10.5. The fourth-order valence-corrected chi connectivity index (χ4v) is 1.73. The molecule has 1 aliphatic heterocycles. The molecule has 0 amide bonds. The van der Waals surface area contributed by atoms with E-state index in [9.17, 15) is 4.79 Å². The zero-order valence-corrected chi connectivity index (χ0v) is 10.5. The highest BCUT2D eigenvalue weighted by molar-refractivity contribution is 6.04. The van der Waals surface area contributed by atoms with Crippen molar-refractivity contribution in [2.75, 3.05) is 7.11 Å². The maximum Gasteiger partial charge on any atom is 0.202 e. The van der Waals surface area contributed by atoms with Gasteiger partial charge in [-0.25, -0.2) is 0 Å². The molecule has 0 fully saturated rings. The predicted octanol–water partition coefficient (Wildman–Crippen LogP) is 2.29. The highest BCUT2D eigenvalue weighted by Gasteiger charge is 2.35. The summed E-state index contributed by atoms with van der Waals surface area (Å²) in [6.07, 6.45) is 1.47. The summed E-state index contributed by atoms with van der Waals surface area (Å²) >= 11 is 0. The molecule has 0 saturated carbocycles. The number of carbonyl (C=O) groups is 1. The van der Waals surface area contributed by atoms with Crippen LogP contribution < -0.4 is 4.74 Å². The molecule has 92 valence electrons. The number of carbonyl (C=O) groups excluding carboxylic acids is 1. The zero-order chi connectivity index (χ0) is 13.3. The normalized spacial score (nSPS) is 16.8. The monoisotopic (exact) mass is 243 g/mol. The smallest absolute Gasteiger partial charge is 0.202 e. The standard InChI is InChI=1S/C14H13NO3/c1-14(2)13(16)7-12(18-14)9-4-5-10(8-15)11(6-9)17-3/h4-7H,1-3H3. The highest BCUT2D eigenvalue weighted by atomic mass is 16.5. The second-order valence-corrected chi connectivity index (χ2v) is 4.51. The van der Waals surface area contributed by atoms with Crippen LogP contribution in [0.5, 0.6) is 5.75 Å². The van der Waals surface area contributed by atoms with Crippen molar-refractivity contribution in [2.45, 2.75) is 19.4 Å². The van der Waals surface area contributed by atoms with Gasteiger partial charge in [-0.2, -0.15) is 5.26 Å². The number of methoxy groups -OCH3 is 1. The van der Waals surface area contributed by atoms with Crippen LogP contribution >= 0.6 is 0 Å². The second kappa shape index (κ2) is 4.19. The van der Waals surface area contributed by atoms with E-state index in [2.05, 4.69) is 0 Å². The second-order valence-electron chi connectivity index (χ2n) is 4.51. The van der Waals surface area contributed by atoms with E-state index >= 15 is 0 Å². The van der Waals surface area contributed by atoms with Crippen LogP contribution in [0.3, 0.4) is 0 Å². The minimum atomic E-state index is -0.823. The summed E-state index contributed by atoms with van der Waals surface area (Å²) in [7, 11) is 1.50. The molecule has 1 aromatic carbocycles. The third-order valence-corrected chi connectivity index (χ3v) is 2.83. The summed E-state index contributed by atoms with van der Waals surface area (Å²) in [6, 6.07) is 7.12. The lowest BCUT2D eigenvalue weighted by Crippen LogP contribution is -2.27. The van der Waals surface area contributed by atoms with Gasteiger partial charge in [0, 0.05) is 11.6 Å². The predicted molar refractivity (Wildman–Crippen MR) is 65.9 cm³/mol. The van der Waals surface area contributed by atoms with Crippen LogP contribution in [-0.4, -0.2) is 18.5 Å². The van der Waals surface area contributed by atoms with Gasteiger partial charge in [-0.05, 0) is 32.0 Å². The Morgan fingerprint density at radius 1 is 1.39 bits per heavy atom. The van der Waals surface area contributed by atoms with Crippen molar-refractivity contribution >= 4 is 11.5 Å². The van der Waals surface area contributed by atoms with E-state index in [1.54, 1.807) is 32.0 Å². The fraction of sp³-hybridized carbons (Fsp3) is 0.286.